The van der Waals surface area contributed by atoms with Gasteiger partial charge in [-0.3, -0.25) is 4.79 Å². The van der Waals surface area contributed by atoms with E-state index in [-0.39, 0.29) is 23.9 Å². The first kappa shape index (κ1) is 12.1. The second kappa shape index (κ2) is 5.32. The number of hydrogen-bond acceptors (Lipinski definition) is 2. The molecule has 1 aliphatic rings. The Labute approximate surface area is 102 Å². The molecule has 0 saturated heterocycles. The normalized spacial score (nSPS) is 25.5. The van der Waals surface area contributed by atoms with E-state index in [0.717, 1.165) is 24.8 Å². The minimum Gasteiger partial charge on any atom is -0.349 e. The molecule has 0 aromatic heterocycles. The van der Waals surface area contributed by atoms with Crippen molar-refractivity contribution in [2.45, 2.75) is 38.3 Å². The summed E-state index contributed by atoms with van der Waals surface area (Å²) in [4.78, 5) is 12.0. The van der Waals surface area contributed by atoms with Crippen LogP contribution in [0.1, 0.15) is 37.8 Å². The number of benzene rings is 1. The van der Waals surface area contributed by atoms with E-state index in [0.29, 0.717) is 0 Å². The third-order valence-corrected chi connectivity index (χ3v) is 3.56. The highest BCUT2D eigenvalue weighted by Gasteiger charge is 2.30. The Kier molecular flexibility index (Phi) is 3.79. The lowest BCUT2D eigenvalue weighted by atomic mass is 10.0. The lowest BCUT2D eigenvalue weighted by molar-refractivity contribution is -0.125. The molecule has 1 aliphatic carbocycles. The van der Waals surface area contributed by atoms with Crippen molar-refractivity contribution in [1.82, 2.24) is 5.32 Å². The zero-order chi connectivity index (χ0) is 12.3. The van der Waals surface area contributed by atoms with Crippen LogP contribution in [-0.4, -0.2) is 11.9 Å². The Morgan fingerprint density at radius 2 is 2.06 bits per heavy atom. The molecule has 1 aromatic carbocycles. The summed E-state index contributed by atoms with van der Waals surface area (Å²) in [5, 5.41) is 3.05. The summed E-state index contributed by atoms with van der Waals surface area (Å²) < 4.78 is 0. The second-order valence-electron chi connectivity index (χ2n) is 4.84. The summed E-state index contributed by atoms with van der Waals surface area (Å²) in [6, 6.07) is 10.1. The van der Waals surface area contributed by atoms with Gasteiger partial charge in [0.15, 0.2) is 0 Å². The van der Waals surface area contributed by atoms with Crippen molar-refractivity contribution in [3.05, 3.63) is 35.9 Å². The van der Waals surface area contributed by atoms with E-state index in [4.69, 9.17) is 5.73 Å². The van der Waals surface area contributed by atoms with E-state index >= 15 is 0 Å². The minimum absolute atomic E-state index is 0.00108. The Balaban J connectivity index is 1.95. The molecule has 1 aromatic rings. The number of nitrogens with one attached hydrogen (secondary N) is 1. The maximum atomic E-state index is 12.0. The van der Waals surface area contributed by atoms with Gasteiger partial charge >= 0.3 is 0 Å². The van der Waals surface area contributed by atoms with Crippen LogP contribution in [0.2, 0.25) is 0 Å². The van der Waals surface area contributed by atoms with Gasteiger partial charge in [-0.05, 0) is 25.3 Å². The lowest BCUT2D eigenvalue weighted by Crippen LogP contribution is -2.39. The smallest absolute Gasteiger partial charge is 0.225 e. The Bertz CT molecular complexity index is 377. The number of carbonyl (C=O) groups is 1. The van der Waals surface area contributed by atoms with Crippen LogP contribution in [0.25, 0.3) is 0 Å². The molecule has 3 N–H and O–H groups in total. The summed E-state index contributed by atoms with van der Waals surface area (Å²) in [7, 11) is 0. The predicted octanol–water partition coefficient (Wildman–Crippen LogP) is 1.99. The van der Waals surface area contributed by atoms with Gasteiger partial charge < -0.3 is 11.1 Å². The van der Waals surface area contributed by atoms with Gasteiger partial charge in [0.1, 0.15) is 0 Å². The molecular weight excluding hydrogens is 212 g/mol. The highest BCUT2D eigenvalue weighted by Crippen LogP contribution is 2.25. The van der Waals surface area contributed by atoms with Crippen LogP contribution in [0.3, 0.4) is 0 Å². The first-order valence-electron chi connectivity index (χ1n) is 6.29. The van der Waals surface area contributed by atoms with Crippen molar-refractivity contribution in [1.29, 1.82) is 0 Å². The van der Waals surface area contributed by atoms with Crippen LogP contribution < -0.4 is 11.1 Å². The average Bonchev–Trinajstić information content (AvgIpc) is 2.76. The zero-order valence-electron chi connectivity index (χ0n) is 10.2. The molecule has 17 heavy (non-hydrogen) atoms. The van der Waals surface area contributed by atoms with Gasteiger partial charge in [-0.15, -0.1) is 0 Å². The highest BCUT2D eigenvalue weighted by molar-refractivity contribution is 5.80. The van der Waals surface area contributed by atoms with Crippen LogP contribution >= 0.6 is 0 Å². The Morgan fingerprint density at radius 1 is 1.35 bits per heavy atom. The van der Waals surface area contributed by atoms with Gasteiger partial charge in [-0.2, -0.15) is 0 Å². The van der Waals surface area contributed by atoms with Crippen molar-refractivity contribution in [2.75, 3.05) is 0 Å². The molecule has 0 bridgehead atoms. The first-order valence-corrected chi connectivity index (χ1v) is 6.29. The molecule has 0 spiro atoms. The molecule has 0 heterocycles. The van der Waals surface area contributed by atoms with E-state index in [1.54, 1.807) is 0 Å². The number of amides is 1. The molecule has 0 radical (unpaired) electrons. The third-order valence-electron chi connectivity index (χ3n) is 3.56. The standard InChI is InChI=1S/C14H20N2O/c1-10(11-6-3-2-4-7-11)16-14(17)12-8-5-9-13(12)15/h2-4,6-7,10,12-13H,5,8-9,15H2,1H3,(H,16,17)/t10-,12+,13-/m1/s1. The van der Waals surface area contributed by atoms with Gasteiger partial charge in [0.2, 0.25) is 5.91 Å². The maximum Gasteiger partial charge on any atom is 0.225 e. The molecule has 0 unspecified atom stereocenters. The molecule has 1 fully saturated rings. The van der Waals surface area contributed by atoms with E-state index in [2.05, 4.69) is 5.32 Å². The molecular formula is C14H20N2O. The molecule has 3 atom stereocenters. The van der Waals surface area contributed by atoms with Crippen molar-refractivity contribution in [3.8, 4) is 0 Å². The van der Waals surface area contributed by atoms with Crippen molar-refractivity contribution < 1.29 is 4.79 Å². The van der Waals surface area contributed by atoms with Gasteiger partial charge in [0.25, 0.3) is 0 Å². The first-order chi connectivity index (χ1) is 8.18. The van der Waals surface area contributed by atoms with Crippen LogP contribution in [0.15, 0.2) is 30.3 Å². The molecule has 92 valence electrons. The van der Waals surface area contributed by atoms with Gasteiger partial charge in [-0.25, -0.2) is 0 Å². The van der Waals surface area contributed by atoms with E-state index in [1.165, 1.54) is 0 Å². The van der Waals surface area contributed by atoms with E-state index in [9.17, 15) is 4.79 Å². The summed E-state index contributed by atoms with van der Waals surface area (Å²) >= 11 is 0. The zero-order valence-corrected chi connectivity index (χ0v) is 10.2. The van der Waals surface area contributed by atoms with E-state index < -0.39 is 0 Å². The fourth-order valence-electron chi connectivity index (χ4n) is 2.46. The van der Waals surface area contributed by atoms with Crippen LogP contribution in [0.4, 0.5) is 0 Å². The fraction of sp³-hybridized carbons (Fsp3) is 0.500. The van der Waals surface area contributed by atoms with Gasteiger partial charge in [0.05, 0.1) is 12.0 Å². The molecule has 1 amide bonds. The van der Waals surface area contributed by atoms with Crippen LogP contribution in [0, 0.1) is 5.92 Å². The monoisotopic (exact) mass is 232 g/mol. The fourth-order valence-corrected chi connectivity index (χ4v) is 2.46. The predicted molar refractivity (Wildman–Crippen MR) is 68.3 cm³/mol. The van der Waals surface area contributed by atoms with Crippen molar-refractivity contribution in [3.63, 3.8) is 0 Å². The number of rotatable bonds is 3. The number of hydrogen-bond donors (Lipinski definition) is 2. The van der Waals surface area contributed by atoms with Crippen LogP contribution in [0.5, 0.6) is 0 Å². The number of carbonyl (C=O) groups excluding carboxylic acids is 1. The van der Waals surface area contributed by atoms with Crippen molar-refractivity contribution in [2.24, 2.45) is 11.7 Å². The van der Waals surface area contributed by atoms with Gasteiger partial charge in [-0.1, -0.05) is 36.8 Å². The second-order valence-corrected chi connectivity index (χ2v) is 4.84. The van der Waals surface area contributed by atoms with Crippen molar-refractivity contribution >= 4 is 5.91 Å². The lowest BCUT2D eigenvalue weighted by Gasteiger charge is -2.19. The average molecular weight is 232 g/mol. The summed E-state index contributed by atoms with van der Waals surface area (Å²) in [5.41, 5.74) is 7.07. The summed E-state index contributed by atoms with van der Waals surface area (Å²) in [5.74, 6) is 0.104. The van der Waals surface area contributed by atoms with Crippen LogP contribution in [-0.2, 0) is 4.79 Å². The molecule has 2 rings (SSSR count). The number of nitrogens with two attached hydrogens (primary N) is 1. The summed E-state index contributed by atoms with van der Waals surface area (Å²) in [6.07, 6.45) is 2.96. The largest absolute Gasteiger partial charge is 0.349 e. The molecule has 0 aliphatic heterocycles. The summed E-state index contributed by atoms with van der Waals surface area (Å²) in [6.45, 7) is 2.01. The molecule has 3 nitrogen and oxygen atoms in total. The maximum absolute atomic E-state index is 12.0. The highest BCUT2D eigenvalue weighted by atomic mass is 16.2. The Hall–Kier alpha value is -1.35. The minimum atomic E-state index is 0.00108. The molecule has 1 saturated carbocycles. The van der Waals surface area contributed by atoms with E-state index in [1.807, 2.05) is 37.3 Å². The molecule has 3 heteroatoms. The topological polar surface area (TPSA) is 55.1 Å². The SMILES string of the molecule is C[C@@H](NC(=O)[C@H]1CCC[C@H]1N)c1ccccc1. The Morgan fingerprint density at radius 3 is 2.65 bits per heavy atom. The third kappa shape index (κ3) is 2.86. The van der Waals surface area contributed by atoms with Gasteiger partial charge in [0, 0.05) is 6.04 Å². The quantitative estimate of drug-likeness (QED) is 0.837.